The summed E-state index contributed by atoms with van der Waals surface area (Å²) in [5.41, 5.74) is 4.87. The number of piperidine rings is 1. The zero-order chi connectivity index (χ0) is 17.4. The third-order valence-corrected chi connectivity index (χ3v) is 5.47. The second kappa shape index (κ2) is 6.59. The highest BCUT2D eigenvalue weighted by atomic mass is 19.1. The van der Waals surface area contributed by atoms with Crippen molar-refractivity contribution in [2.24, 2.45) is 0 Å². The number of nitrogens with one attached hydrogen (secondary N) is 2. The van der Waals surface area contributed by atoms with Crippen LogP contribution in [0.1, 0.15) is 51.6 Å². The fourth-order valence-electron chi connectivity index (χ4n) is 4.01. The van der Waals surface area contributed by atoms with E-state index in [1.807, 2.05) is 17.9 Å². The zero-order valence-electron chi connectivity index (χ0n) is 14.4. The normalized spacial score (nSPS) is 18.2. The summed E-state index contributed by atoms with van der Waals surface area (Å²) < 4.78 is 13.6. The van der Waals surface area contributed by atoms with E-state index in [-0.39, 0.29) is 11.7 Å². The number of aromatic nitrogens is 2. The smallest absolute Gasteiger partial charge is 0.274 e. The first-order valence-electron chi connectivity index (χ1n) is 8.95. The van der Waals surface area contributed by atoms with Gasteiger partial charge < -0.3 is 10.2 Å². The molecule has 2 aliphatic heterocycles. The molecule has 0 bridgehead atoms. The van der Waals surface area contributed by atoms with Crippen LogP contribution in [0.2, 0.25) is 0 Å². The second-order valence-corrected chi connectivity index (χ2v) is 7.02. The lowest BCUT2D eigenvalue weighted by Crippen LogP contribution is -2.39. The van der Waals surface area contributed by atoms with Crippen molar-refractivity contribution in [3.05, 3.63) is 52.1 Å². The Kier molecular flexibility index (Phi) is 4.29. The third-order valence-electron chi connectivity index (χ3n) is 5.47. The van der Waals surface area contributed by atoms with Crippen LogP contribution in [0.25, 0.3) is 0 Å². The lowest BCUT2D eigenvalue weighted by Gasteiger charge is -2.32. The Balaban J connectivity index is 1.46. The van der Waals surface area contributed by atoms with E-state index in [9.17, 15) is 9.18 Å². The Labute approximate surface area is 146 Å². The number of carbonyl (C=O) groups excluding carboxylic acids is 1. The van der Waals surface area contributed by atoms with E-state index in [2.05, 4.69) is 15.5 Å². The van der Waals surface area contributed by atoms with Gasteiger partial charge in [0.25, 0.3) is 5.91 Å². The molecule has 2 N–H and O–H groups in total. The van der Waals surface area contributed by atoms with Gasteiger partial charge in [0.15, 0.2) is 5.69 Å². The molecule has 25 heavy (non-hydrogen) atoms. The topological polar surface area (TPSA) is 61.0 Å². The molecular weight excluding hydrogens is 319 g/mol. The molecule has 1 aromatic carbocycles. The van der Waals surface area contributed by atoms with Crippen LogP contribution in [-0.4, -0.2) is 40.6 Å². The molecule has 5 nitrogen and oxygen atoms in total. The van der Waals surface area contributed by atoms with Gasteiger partial charge in [0.1, 0.15) is 5.82 Å². The minimum Gasteiger partial charge on any atom is -0.337 e. The van der Waals surface area contributed by atoms with Crippen molar-refractivity contribution in [3.63, 3.8) is 0 Å². The van der Waals surface area contributed by atoms with Gasteiger partial charge in [-0.15, -0.1) is 0 Å². The summed E-state index contributed by atoms with van der Waals surface area (Å²) in [5.74, 6) is 0.154. The van der Waals surface area contributed by atoms with Gasteiger partial charge in [0, 0.05) is 25.2 Å². The van der Waals surface area contributed by atoms with Crippen LogP contribution in [-0.2, 0) is 13.0 Å². The van der Waals surface area contributed by atoms with E-state index < -0.39 is 0 Å². The SMILES string of the molecule is Cc1ccc(F)cc1C1CCN(C(=O)c2n[nH]c3c2CCNC3)CC1. The van der Waals surface area contributed by atoms with Crippen molar-refractivity contribution in [1.29, 1.82) is 0 Å². The molecular formula is C19H23FN4O. The van der Waals surface area contributed by atoms with Crippen molar-refractivity contribution in [3.8, 4) is 0 Å². The van der Waals surface area contributed by atoms with Gasteiger partial charge in [0.2, 0.25) is 0 Å². The molecule has 0 saturated carbocycles. The highest BCUT2D eigenvalue weighted by Crippen LogP contribution is 2.31. The number of carbonyl (C=O) groups is 1. The van der Waals surface area contributed by atoms with Gasteiger partial charge in [0.05, 0.1) is 5.69 Å². The fraction of sp³-hybridized carbons (Fsp3) is 0.474. The first kappa shape index (κ1) is 16.3. The molecule has 1 saturated heterocycles. The average molecular weight is 342 g/mol. The number of amides is 1. The standard InChI is InChI=1S/C19H23FN4O/c1-12-2-3-14(20)10-16(12)13-5-8-24(9-6-13)19(25)18-15-4-7-21-11-17(15)22-23-18/h2-3,10,13,21H,4-9,11H2,1H3,(H,22,23). The van der Waals surface area contributed by atoms with Crippen LogP contribution in [0.15, 0.2) is 18.2 Å². The van der Waals surface area contributed by atoms with Crippen molar-refractivity contribution >= 4 is 5.91 Å². The van der Waals surface area contributed by atoms with Gasteiger partial charge in [-0.2, -0.15) is 5.10 Å². The van der Waals surface area contributed by atoms with E-state index >= 15 is 0 Å². The van der Waals surface area contributed by atoms with Crippen molar-refractivity contribution < 1.29 is 9.18 Å². The minimum atomic E-state index is -0.184. The number of rotatable bonds is 2. The summed E-state index contributed by atoms with van der Waals surface area (Å²) in [6.45, 7) is 5.04. The molecule has 4 rings (SSSR count). The van der Waals surface area contributed by atoms with Crippen molar-refractivity contribution in [2.45, 2.75) is 38.6 Å². The number of hydrogen-bond donors (Lipinski definition) is 2. The van der Waals surface area contributed by atoms with Gasteiger partial charge in [-0.05, 0) is 61.9 Å². The maximum atomic E-state index is 13.6. The highest BCUT2D eigenvalue weighted by Gasteiger charge is 2.29. The number of fused-ring (bicyclic) bond motifs is 1. The van der Waals surface area contributed by atoms with E-state index in [1.165, 1.54) is 6.07 Å². The molecule has 1 aromatic heterocycles. The largest absolute Gasteiger partial charge is 0.337 e. The Hall–Kier alpha value is -2.21. The molecule has 2 aliphatic rings. The van der Waals surface area contributed by atoms with E-state index in [0.29, 0.717) is 24.7 Å². The van der Waals surface area contributed by atoms with E-state index in [4.69, 9.17) is 0 Å². The number of hydrogen-bond acceptors (Lipinski definition) is 3. The monoisotopic (exact) mass is 342 g/mol. The zero-order valence-corrected chi connectivity index (χ0v) is 14.4. The summed E-state index contributed by atoms with van der Waals surface area (Å²) in [6, 6.07) is 4.99. The van der Waals surface area contributed by atoms with Gasteiger partial charge in [-0.1, -0.05) is 6.07 Å². The van der Waals surface area contributed by atoms with Crippen LogP contribution in [0.3, 0.4) is 0 Å². The van der Waals surface area contributed by atoms with Crippen LogP contribution < -0.4 is 5.32 Å². The number of likely N-dealkylation sites (tertiary alicyclic amines) is 1. The van der Waals surface area contributed by atoms with Crippen molar-refractivity contribution in [1.82, 2.24) is 20.4 Å². The number of aromatic amines is 1. The van der Waals surface area contributed by atoms with Gasteiger partial charge >= 0.3 is 0 Å². The van der Waals surface area contributed by atoms with Crippen LogP contribution in [0.4, 0.5) is 4.39 Å². The summed E-state index contributed by atoms with van der Waals surface area (Å²) in [6.07, 6.45) is 2.57. The maximum Gasteiger partial charge on any atom is 0.274 e. The average Bonchev–Trinajstić information content (AvgIpc) is 3.07. The van der Waals surface area contributed by atoms with Gasteiger partial charge in [-0.3, -0.25) is 9.89 Å². The number of nitrogens with zero attached hydrogens (tertiary/aromatic N) is 2. The number of benzene rings is 1. The molecule has 0 aliphatic carbocycles. The van der Waals surface area contributed by atoms with E-state index in [1.54, 1.807) is 6.07 Å². The van der Waals surface area contributed by atoms with E-state index in [0.717, 1.165) is 54.7 Å². The van der Waals surface area contributed by atoms with Crippen molar-refractivity contribution in [2.75, 3.05) is 19.6 Å². The summed E-state index contributed by atoms with van der Waals surface area (Å²) >= 11 is 0. The number of H-pyrrole nitrogens is 1. The molecule has 1 fully saturated rings. The van der Waals surface area contributed by atoms with Crippen LogP contribution in [0, 0.1) is 12.7 Å². The summed E-state index contributed by atoms with van der Waals surface area (Å²) in [4.78, 5) is 14.8. The highest BCUT2D eigenvalue weighted by molar-refractivity contribution is 5.94. The second-order valence-electron chi connectivity index (χ2n) is 7.02. The lowest BCUT2D eigenvalue weighted by atomic mass is 9.86. The fourth-order valence-corrected chi connectivity index (χ4v) is 4.01. The molecule has 0 radical (unpaired) electrons. The summed E-state index contributed by atoms with van der Waals surface area (Å²) in [7, 11) is 0. The predicted molar refractivity (Wildman–Crippen MR) is 93.0 cm³/mol. The van der Waals surface area contributed by atoms with Crippen LogP contribution in [0.5, 0.6) is 0 Å². The van der Waals surface area contributed by atoms with Crippen LogP contribution >= 0.6 is 0 Å². The molecule has 2 aromatic rings. The molecule has 0 spiro atoms. The number of halogens is 1. The Bertz CT molecular complexity index is 793. The molecule has 132 valence electrons. The molecule has 0 atom stereocenters. The number of aryl methyl sites for hydroxylation is 1. The Morgan fingerprint density at radius 2 is 2.12 bits per heavy atom. The molecule has 3 heterocycles. The maximum absolute atomic E-state index is 13.6. The first-order valence-corrected chi connectivity index (χ1v) is 8.95. The third kappa shape index (κ3) is 3.06. The molecule has 0 unspecified atom stereocenters. The quantitative estimate of drug-likeness (QED) is 0.882. The van der Waals surface area contributed by atoms with Gasteiger partial charge in [-0.25, -0.2) is 4.39 Å². The summed E-state index contributed by atoms with van der Waals surface area (Å²) in [5, 5.41) is 10.5. The molecule has 1 amide bonds. The molecule has 6 heteroatoms. The first-order chi connectivity index (χ1) is 12.1. The Morgan fingerprint density at radius 1 is 1.32 bits per heavy atom. The predicted octanol–water partition coefficient (Wildman–Crippen LogP) is 2.52. The lowest BCUT2D eigenvalue weighted by molar-refractivity contribution is 0.0705. The minimum absolute atomic E-state index is 0.0221. The Morgan fingerprint density at radius 3 is 2.92 bits per heavy atom.